The second kappa shape index (κ2) is 4.11. The Bertz CT molecular complexity index is 599. The topological polar surface area (TPSA) is 42.1 Å². The largest absolute Gasteiger partial charge is 0.414 e. The first-order valence-corrected chi connectivity index (χ1v) is 4.94. The summed E-state index contributed by atoms with van der Waals surface area (Å²) in [5, 5.41) is 0.895. The molecule has 1 heterocycles. The minimum atomic E-state index is -0.532. The molecule has 1 N–H and O–H groups in total. The van der Waals surface area contributed by atoms with Gasteiger partial charge in [-0.15, -0.1) is 0 Å². The number of aromatic amines is 1. The Morgan fingerprint density at radius 3 is 2.88 bits per heavy atom. The standard InChI is InChI=1S/C13H11NO2/c1-3-6-12(15)16-13-9(2)14-11-8-5-4-7-10(11)13/h4-5,7-8,14H,1-2H3. The Labute approximate surface area is 93.4 Å². The molecule has 2 rings (SSSR count). The van der Waals surface area contributed by atoms with E-state index in [2.05, 4.69) is 16.8 Å². The molecule has 0 aliphatic rings. The van der Waals surface area contributed by atoms with Crippen LogP contribution in [0.4, 0.5) is 0 Å². The third kappa shape index (κ3) is 1.78. The first-order chi connectivity index (χ1) is 7.72. The van der Waals surface area contributed by atoms with Gasteiger partial charge in [-0.3, -0.25) is 0 Å². The van der Waals surface area contributed by atoms with Crippen molar-refractivity contribution in [3.8, 4) is 17.6 Å². The summed E-state index contributed by atoms with van der Waals surface area (Å²) in [6.45, 7) is 3.46. The summed E-state index contributed by atoms with van der Waals surface area (Å²) >= 11 is 0. The molecule has 2 aromatic rings. The highest BCUT2D eigenvalue weighted by Crippen LogP contribution is 2.29. The van der Waals surface area contributed by atoms with Crippen LogP contribution in [0.1, 0.15) is 12.6 Å². The predicted molar refractivity (Wildman–Crippen MR) is 62.1 cm³/mol. The molecule has 0 spiro atoms. The second-order valence-corrected chi connectivity index (χ2v) is 3.39. The van der Waals surface area contributed by atoms with Crippen molar-refractivity contribution in [1.82, 2.24) is 4.98 Å². The van der Waals surface area contributed by atoms with Crippen molar-refractivity contribution in [1.29, 1.82) is 0 Å². The quantitative estimate of drug-likeness (QED) is 0.449. The zero-order chi connectivity index (χ0) is 11.5. The molecule has 80 valence electrons. The lowest BCUT2D eigenvalue weighted by Crippen LogP contribution is -2.04. The van der Waals surface area contributed by atoms with E-state index in [1.165, 1.54) is 0 Å². The maximum Gasteiger partial charge on any atom is 0.389 e. The molecule has 1 aromatic carbocycles. The number of aromatic nitrogens is 1. The van der Waals surface area contributed by atoms with Gasteiger partial charge in [-0.1, -0.05) is 18.1 Å². The SMILES string of the molecule is CC#CC(=O)Oc1c(C)[nH]c2ccccc12. The molecule has 0 fully saturated rings. The van der Waals surface area contributed by atoms with Crippen LogP contribution in [0.15, 0.2) is 24.3 Å². The van der Waals surface area contributed by atoms with Gasteiger partial charge in [-0.25, -0.2) is 4.79 Å². The Kier molecular flexibility index (Phi) is 2.65. The van der Waals surface area contributed by atoms with Gasteiger partial charge in [0.1, 0.15) is 0 Å². The van der Waals surface area contributed by atoms with Crippen LogP contribution in [0.3, 0.4) is 0 Å². The summed E-state index contributed by atoms with van der Waals surface area (Å²) in [5.41, 5.74) is 1.78. The minimum Gasteiger partial charge on any atom is -0.414 e. The van der Waals surface area contributed by atoms with Crippen molar-refractivity contribution in [3.05, 3.63) is 30.0 Å². The Balaban J connectivity index is 2.46. The average Bonchev–Trinajstić information content (AvgIpc) is 2.56. The number of rotatable bonds is 1. The monoisotopic (exact) mass is 213 g/mol. The highest BCUT2D eigenvalue weighted by Gasteiger charge is 2.11. The number of benzene rings is 1. The molecule has 1 aromatic heterocycles. The number of H-pyrrole nitrogens is 1. The third-order valence-electron chi connectivity index (χ3n) is 2.26. The van der Waals surface area contributed by atoms with Crippen molar-refractivity contribution in [2.24, 2.45) is 0 Å². The van der Waals surface area contributed by atoms with E-state index in [1.807, 2.05) is 31.2 Å². The first kappa shape index (κ1) is 10.3. The predicted octanol–water partition coefficient (Wildman–Crippen LogP) is 2.41. The molecule has 0 unspecified atom stereocenters. The molecule has 3 heteroatoms. The number of nitrogens with one attached hydrogen (secondary N) is 1. The van der Waals surface area contributed by atoms with Gasteiger partial charge in [0.2, 0.25) is 0 Å². The van der Waals surface area contributed by atoms with Crippen LogP contribution < -0.4 is 4.74 Å². The number of esters is 1. The van der Waals surface area contributed by atoms with Crippen molar-refractivity contribution in [2.45, 2.75) is 13.8 Å². The lowest BCUT2D eigenvalue weighted by molar-refractivity contribution is -0.127. The number of fused-ring (bicyclic) bond motifs is 1. The zero-order valence-electron chi connectivity index (χ0n) is 9.13. The summed E-state index contributed by atoms with van der Waals surface area (Å²) in [6, 6.07) is 7.67. The fourth-order valence-corrected chi connectivity index (χ4v) is 1.60. The maximum absolute atomic E-state index is 11.3. The molecular formula is C13H11NO2. The summed E-state index contributed by atoms with van der Waals surface area (Å²) in [5.74, 6) is 4.89. The van der Waals surface area contributed by atoms with E-state index in [0.29, 0.717) is 5.75 Å². The van der Waals surface area contributed by atoms with Crippen molar-refractivity contribution in [2.75, 3.05) is 0 Å². The zero-order valence-corrected chi connectivity index (χ0v) is 9.13. The van der Waals surface area contributed by atoms with Crippen LogP contribution in [-0.2, 0) is 4.79 Å². The molecule has 0 radical (unpaired) electrons. The van der Waals surface area contributed by atoms with Gasteiger partial charge in [-0.05, 0) is 26.0 Å². The van der Waals surface area contributed by atoms with Crippen molar-refractivity contribution in [3.63, 3.8) is 0 Å². The van der Waals surface area contributed by atoms with Gasteiger partial charge in [0.15, 0.2) is 5.75 Å². The fraction of sp³-hybridized carbons (Fsp3) is 0.154. The van der Waals surface area contributed by atoms with E-state index < -0.39 is 5.97 Å². The van der Waals surface area contributed by atoms with Crippen LogP contribution in [0.2, 0.25) is 0 Å². The van der Waals surface area contributed by atoms with E-state index >= 15 is 0 Å². The van der Waals surface area contributed by atoms with Crippen molar-refractivity contribution < 1.29 is 9.53 Å². The summed E-state index contributed by atoms with van der Waals surface area (Å²) in [7, 11) is 0. The molecule has 0 aliphatic carbocycles. The second-order valence-electron chi connectivity index (χ2n) is 3.39. The van der Waals surface area contributed by atoms with Gasteiger partial charge in [-0.2, -0.15) is 0 Å². The van der Waals surface area contributed by atoms with E-state index in [4.69, 9.17) is 4.74 Å². The number of carbonyl (C=O) groups is 1. The van der Waals surface area contributed by atoms with Crippen LogP contribution >= 0.6 is 0 Å². The molecule has 0 bridgehead atoms. The van der Waals surface area contributed by atoms with Crippen LogP contribution in [-0.4, -0.2) is 11.0 Å². The number of carbonyl (C=O) groups excluding carboxylic acids is 1. The average molecular weight is 213 g/mol. The third-order valence-corrected chi connectivity index (χ3v) is 2.26. The molecule has 0 saturated heterocycles. The van der Waals surface area contributed by atoms with Crippen LogP contribution in [0.5, 0.6) is 5.75 Å². The number of hydrogen-bond acceptors (Lipinski definition) is 2. The van der Waals surface area contributed by atoms with Crippen molar-refractivity contribution >= 4 is 16.9 Å². The van der Waals surface area contributed by atoms with E-state index in [1.54, 1.807) is 6.92 Å². The molecule has 0 amide bonds. The van der Waals surface area contributed by atoms with Gasteiger partial charge in [0.25, 0.3) is 0 Å². The van der Waals surface area contributed by atoms with Gasteiger partial charge in [0.05, 0.1) is 5.69 Å². The lowest BCUT2D eigenvalue weighted by atomic mass is 10.2. The highest BCUT2D eigenvalue weighted by atomic mass is 16.5. The molecule has 0 aliphatic heterocycles. The van der Waals surface area contributed by atoms with Gasteiger partial charge >= 0.3 is 5.97 Å². The highest BCUT2D eigenvalue weighted by molar-refractivity contribution is 5.95. The molecule has 0 saturated carbocycles. The fourth-order valence-electron chi connectivity index (χ4n) is 1.60. The minimum absolute atomic E-state index is 0.532. The maximum atomic E-state index is 11.3. The summed E-state index contributed by atoms with van der Waals surface area (Å²) < 4.78 is 5.20. The molecular weight excluding hydrogens is 202 g/mol. The Morgan fingerprint density at radius 1 is 1.38 bits per heavy atom. The summed E-state index contributed by atoms with van der Waals surface area (Å²) in [4.78, 5) is 14.4. The van der Waals surface area contributed by atoms with E-state index in [0.717, 1.165) is 16.6 Å². The number of para-hydroxylation sites is 1. The number of aryl methyl sites for hydroxylation is 1. The molecule has 16 heavy (non-hydrogen) atoms. The smallest absolute Gasteiger partial charge is 0.389 e. The van der Waals surface area contributed by atoms with Crippen LogP contribution in [0.25, 0.3) is 10.9 Å². The Hall–Kier alpha value is -2.21. The number of ether oxygens (including phenoxy) is 1. The van der Waals surface area contributed by atoms with Gasteiger partial charge in [0, 0.05) is 16.8 Å². The van der Waals surface area contributed by atoms with E-state index in [9.17, 15) is 4.79 Å². The molecule has 0 atom stereocenters. The summed E-state index contributed by atoms with van der Waals surface area (Å²) in [6.07, 6.45) is 0. The normalized spacial score (nSPS) is 9.62. The van der Waals surface area contributed by atoms with E-state index in [-0.39, 0.29) is 0 Å². The van der Waals surface area contributed by atoms with Gasteiger partial charge < -0.3 is 9.72 Å². The molecule has 3 nitrogen and oxygen atoms in total. The lowest BCUT2D eigenvalue weighted by Gasteiger charge is -1.99. The first-order valence-electron chi connectivity index (χ1n) is 4.94. The van der Waals surface area contributed by atoms with Crippen LogP contribution in [0, 0.1) is 18.8 Å². The Morgan fingerprint density at radius 2 is 2.12 bits per heavy atom. The number of hydrogen-bond donors (Lipinski definition) is 1.